The molecule has 0 amide bonds. The Kier molecular flexibility index (Phi) is 5.86. The average molecular weight is 389 g/mol. The molecule has 1 heterocycles. The number of hydrogen-bond donors (Lipinski definition) is 0. The number of rotatable bonds is 6. The molecule has 1 nitrogen and oxygen atoms in total. The van der Waals surface area contributed by atoms with Gasteiger partial charge in [0.15, 0.2) is 0 Å². The molecule has 3 aromatic rings. The number of allylic oxidation sites excluding steroid dienone is 1. The van der Waals surface area contributed by atoms with Crippen LogP contribution in [-0.2, 0) is 6.42 Å². The summed E-state index contributed by atoms with van der Waals surface area (Å²) < 4.78 is 26.8. The fraction of sp³-hybridized carbons (Fsp3) is 0.231. The zero-order valence-electron chi connectivity index (χ0n) is 16.6. The molecule has 0 unspecified atom stereocenters. The molecule has 3 heteroatoms. The summed E-state index contributed by atoms with van der Waals surface area (Å²) in [6.07, 6.45) is 2.83. The lowest BCUT2D eigenvalue weighted by Crippen LogP contribution is -2.48. The number of halogens is 2. The van der Waals surface area contributed by atoms with Crippen molar-refractivity contribution in [2.75, 3.05) is 13.1 Å². The molecule has 148 valence electrons. The monoisotopic (exact) mass is 389 g/mol. The molecule has 0 atom stereocenters. The van der Waals surface area contributed by atoms with E-state index < -0.39 is 11.6 Å². The van der Waals surface area contributed by atoms with Crippen molar-refractivity contribution in [1.29, 1.82) is 0 Å². The first-order valence-electron chi connectivity index (χ1n) is 10.0. The predicted molar refractivity (Wildman–Crippen MR) is 114 cm³/mol. The van der Waals surface area contributed by atoms with E-state index in [1.807, 2.05) is 19.1 Å². The van der Waals surface area contributed by atoms with Crippen molar-refractivity contribution in [1.82, 2.24) is 4.90 Å². The van der Waals surface area contributed by atoms with Crippen LogP contribution in [0, 0.1) is 17.6 Å². The molecular formula is C26H25F2N. The summed E-state index contributed by atoms with van der Waals surface area (Å²) in [6, 6.07) is 25.2. The Balaban J connectivity index is 1.45. The van der Waals surface area contributed by atoms with Crippen LogP contribution in [-0.4, -0.2) is 18.0 Å². The first-order valence-corrected chi connectivity index (χ1v) is 10.0. The standard InChI is InChI=1S/C26H25F2N/c1-19(12-20-14-24(27)16-25(28)15-20)13-21-17-29(18-21)26(22-8-4-2-5-9-22)23-10-6-3-7-11-23/h2-11,13-16,21,26H,12,17-18H2,1H3. The molecule has 0 spiro atoms. The number of nitrogens with zero attached hydrogens (tertiary/aromatic N) is 1. The van der Waals surface area contributed by atoms with E-state index in [0.717, 1.165) is 24.7 Å². The maximum Gasteiger partial charge on any atom is 0.126 e. The number of hydrogen-bond acceptors (Lipinski definition) is 1. The topological polar surface area (TPSA) is 3.24 Å². The van der Waals surface area contributed by atoms with Crippen LogP contribution in [0.2, 0.25) is 0 Å². The summed E-state index contributed by atoms with van der Waals surface area (Å²) in [6.45, 7) is 3.99. The van der Waals surface area contributed by atoms with Crippen LogP contribution in [0.25, 0.3) is 0 Å². The van der Waals surface area contributed by atoms with Crippen LogP contribution < -0.4 is 0 Å². The van der Waals surface area contributed by atoms with Gasteiger partial charge in [-0.2, -0.15) is 0 Å². The Morgan fingerprint density at radius 2 is 1.41 bits per heavy atom. The number of benzene rings is 3. The van der Waals surface area contributed by atoms with Gasteiger partial charge in [0.2, 0.25) is 0 Å². The van der Waals surface area contributed by atoms with Gasteiger partial charge < -0.3 is 0 Å². The van der Waals surface area contributed by atoms with Crippen LogP contribution in [0.5, 0.6) is 0 Å². The highest BCUT2D eigenvalue weighted by Crippen LogP contribution is 2.35. The van der Waals surface area contributed by atoms with Gasteiger partial charge >= 0.3 is 0 Å². The molecular weight excluding hydrogens is 364 g/mol. The molecule has 0 N–H and O–H groups in total. The third-order valence-electron chi connectivity index (χ3n) is 5.46. The summed E-state index contributed by atoms with van der Waals surface area (Å²) in [5.41, 5.74) is 4.43. The second kappa shape index (κ2) is 8.71. The Morgan fingerprint density at radius 1 is 0.897 bits per heavy atom. The Bertz CT molecular complexity index is 916. The maximum atomic E-state index is 13.4. The van der Waals surface area contributed by atoms with Gasteiger partial charge in [-0.25, -0.2) is 8.78 Å². The summed E-state index contributed by atoms with van der Waals surface area (Å²) in [4.78, 5) is 2.49. The quantitative estimate of drug-likeness (QED) is 0.455. The smallest absolute Gasteiger partial charge is 0.126 e. The van der Waals surface area contributed by atoms with Gasteiger partial charge in [-0.1, -0.05) is 72.3 Å². The third-order valence-corrected chi connectivity index (χ3v) is 5.46. The van der Waals surface area contributed by atoms with Crippen LogP contribution in [0.1, 0.15) is 29.7 Å². The lowest BCUT2D eigenvalue weighted by molar-refractivity contribution is 0.0948. The normalized spacial score (nSPS) is 15.5. The highest BCUT2D eigenvalue weighted by atomic mass is 19.1. The molecule has 4 rings (SSSR count). The van der Waals surface area contributed by atoms with Crippen LogP contribution in [0.3, 0.4) is 0 Å². The largest absolute Gasteiger partial charge is 0.291 e. The van der Waals surface area contributed by atoms with E-state index in [0.29, 0.717) is 17.9 Å². The van der Waals surface area contributed by atoms with Gasteiger partial charge in [-0.05, 0) is 42.2 Å². The van der Waals surface area contributed by atoms with Crippen molar-refractivity contribution in [3.8, 4) is 0 Å². The van der Waals surface area contributed by atoms with E-state index in [1.165, 1.54) is 23.3 Å². The average Bonchev–Trinajstić information content (AvgIpc) is 2.67. The number of likely N-dealkylation sites (tertiary alicyclic amines) is 1. The highest BCUT2D eigenvalue weighted by molar-refractivity contribution is 5.33. The van der Waals surface area contributed by atoms with Gasteiger partial charge in [0.25, 0.3) is 0 Å². The SMILES string of the molecule is CC(=CC1CN(C(c2ccccc2)c2ccccc2)C1)Cc1cc(F)cc(F)c1. The summed E-state index contributed by atoms with van der Waals surface area (Å²) in [5.74, 6) is -0.573. The zero-order chi connectivity index (χ0) is 20.2. The van der Waals surface area contributed by atoms with Gasteiger partial charge in [0.1, 0.15) is 11.6 Å². The fourth-order valence-corrected chi connectivity index (χ4v) is 4.25. The first kappa shape index (κ1) is 19.5. The van der Waals surface area contributed by atoms with E-state index in [1.54, 1.807) is 0 Å². The lowest BCUT2D eigenvalue weighted by Gasteiger charge is -2.44. The van der Waals surface area contributed by atoms with Gasteiger partial charge in [-0.3, -0.25) is 4.90 Å². The van der Waals surface area contributed by atoms with Crippen LogP contribution in [0.4, 0.5) is 8.78 Å². The van der Waals surface area contributed by atoms with Gasteiger partial charge in [0, 0.05) is 25.1 Å². The molecule has 1 aliphatic rings. The molecule has 0 radical (unpaired) electrons. The molecule has 29 heavy (non-hydrogen) atoms. The molecule has 0 aliphatic carbocycles. The van der Waals surface area contributed by atoms with E-state index in [-0.39, 0.29) is 6.04 Å². The summed E-state index contributed by atoms with van der Waals surface area (Å²) >= 11 is 0. The second-order valence-electron chi connectivity index (χ2n) is 7.91. The summed E-state index contributed by atoms with van der Waals surface area (Å²) in [7, 11) is 0. The molecule has 1 fully saturated rings. The lowest BCUT2D eigenvalue weighted by atomic mass is 9.89. The van der Waals surface area contributed by atoms with E-state index in [4.69, 9.17) is 0 Å². The second-order valence-corrected chi connectivity index (χ2v) is 7.91. The van der Waals surface area contributed by atoms with Crippen molar-refractivity contribution in [2.45, 2.75) is 19.4 Å². The van der Waals surface area contributed by atoms with Crippen molar-refractivity contribution in [3.05, 3.63) is 119 Å². The van der Waals surface area contributed by atoms with Crippen LogP contribution in [0.15, 0.2) is 90.5 Å². The van der Waals surface area contributed by atoms with Crippen molar-refractivity contribution in [3.63, 3.8) is 0 Å². The van der Waals surface area contributed by atoms with Crippen molar-refractivity contribution >= 4 is 0 Å². The third kappa shape index (κ3) is 4.80. The van der Waals surface area contributed by atoms with E-state index >= 15 is 0 Å². The minimum atomic E-state index is -0.517. The Hall–Kier alpha value is -2.78. The predicted octanol–water partition coefficient (Wildman–Crippen LogP) is 6.18. The molecule has 3 aromatic carbocycles. The zero-order valence-corrected chi connectivity index (χ0v) is 16.6. The minimum absolute atomic E-state index is 0.250. The van der Waals surface area contributed by atoms with E-state index in [9.17, 15) is 8.78 Å². The Labute approximate surface area is 171 Å². The minimum Gasteiger partial charge on any atom is -0.291 e. The molecule has 0 aromatic heterocycles. The summed E-state index contributed by atoms with van der Waals surface area (Å²) in [5, 5.41) is 0. The van der Waals surface area contributed by atoms with E-state index in [2.05, 4.69) is 59.5 Å². The fourth-order valence-electron chi connectivity index (χ4n) is 4.25. The maximum absolute atomic E-state index is 13.4. The van der Waals surface area contributed by atoms with Crippen molar-refractivity contribution < 1.29 is 8.78 Å². The van der Waals surface area contributed by atoms with Gasteiger partial charge in [0.05, 0.1) is 6.04 Å². The molecule has 0 saturated carbocycles. The van der Waals surface area contributed by atoms with Gasteiger partial charge in [-0.15, -0.1) is 0 Å². The molecule has 1 aliphatic heterocycles. The first-order chi connectivity index (χ1) is 14.1. The van der Waals surface area contributed by atoms with Crippen LogP contribution >= 0.6 is 0 Å². The molecule has 0 bridgehead atoms. The Morgan fingerprint density at radius 3 is 1.93 bits per heavy atom. The highest BCUT2D eigenvalue weighted by Gasteiger charge is 2.32. The van der Waals surface area contributed by atoms with Crippen molar-refractivity contribution in [2.24, 2.45) is 5.92 Å². The molecule has 1 saturated heterocycles.